The van der Waals surface area contributed by atoms with Crippen LogP contribution in [0.2, 0.25) is 0 Å². The number of hydrogen-bond donors (Lipinski definition) is 1. The van der Waals surface area contributed by atoms with E-state index in [1.54, 1.807) is 30.7 Å². The molecule has 3 aromatic rings. The SMILES string of the molecule is COc1cc(C2=C(c3c[nH]c4cnccc34)C(=O)CC2=O)cc(OC)c1OC. The lowest BCUT2D eigenvalue weighted by Gasteiger charge is -2.15. The molecule has 0 aliphatic heterocycles. The van der Waals surface area contributed by atoms with E-state index in [1.165, 1.54) is 21.3 Å². The molecule has 7 nitrogen and oxygen atoms in total. The molecule has 0 fully saturated rings. The molecular formula is C21H18N2O5. The van der Waals surface area contributed by atoms with Crippen molar-refractivity contribution in [1.29, 1.82) is 0 Å². The molecule has 0 amide bonds. The lowest BCUT2D eigenvalue weighted by molar-refractivity contribution is -0.119. The van der Waals surface area contributed by atoms with Crippen LogP contribution in [0.3, 0.4) is 0 Å². The van der Waals surface area contributed by atoms with Crippen molar-refractivity contribution in [2.24, 2.45) is 0 Å². The summed E-state index contributed by atoms with van der Waals surface area (Å²) in [6.45, 7) is 0. The number of benzene rings is 1. The van der Waals surface area contributed by atoms with Crippen LogP contribution >= 0.6 is 0 Å². The van der Waals surface area contributed by atoms with Crippen LogP contribution in [0.25, 0.3) is 22.0 Å². The number of ether oxygens (including phenoxy) is 3. The molecule has 1 aromatic carbocycles. The summed E-state index contributed by atoms with van der Waals surface area (Å²) in [4.78, 5) is 32.7. The van der Waals surface area contributed by atoms with Crippen molar-refractivity contribution in [3.05, 3.63) is 47.9 Å². The number of nitrogens with one attached hydrogen (secondary N) is 1. The molecule has 0 atom stereocenters. The highest BCUT2D eigenvalue weighted by atomic mass is 16.5. The Hall–Kier alpha value is -3.61. The average Bonchev–Trinajstić information content (AvgIpc) is 3.26. The molecule has 0 bridgehead atoms. The van der Waals surface area contributed by atoms with Crippen molar-refractivity contribution in [1.82, 2.24) is 9.97 Å². The molecule has 4 rings (SSSR count). The van der Waals surface area contributed by atoms with E-state index in [1.807, 2.05) is 6.07 Å². The fourth-order valence-corrected chi connectivity index (χ4v) is 3.60. The Bertz CT molecular complexity index is 1120. The normalized spacial score (nSPS) is 14.1. The van der Waals surface area contributed by atoms with Crippen LogP contribution in [0, 0.1) is 0 Å². The van der Waals surface area contributed by atoms with Crippen LogP contribution in [0.15, 0.2) is 36.8 Å². The molecule has 1 N–H and O–H groups in total. The second-order valence-corrected chi connectivity index (χ2v) is 6.31. The van der Waals surface area contributed by atoms with Gasteiger partial charge in [-0.25, -0.2) is 0 Å². The highest BCUT2D eigenvalue weighted by molar-refractivity contribution is 6.51. The van der Waals surface area contributed by atoms with E-state index in [9.17, 15) is 9.59 Å². The number of methoxy groups -OCH3 is 3. The Morgan fingerprint density at radius 3 is 2.29 bits per heavy atom. The van der Waals surface area contributed by atoms with Crippen LogP contribution in [-0.4, -0.2) is 42.9 Å². The van der Waals surface area contributed by atoms with Gasteiger partial charge in [0.2, 0.25) is 5.75 Å². The summed E-state index contributed by atoms with van der Waals surface area (Å²) < 4.78 is 16.1. The molecule has 0 saturated carbocycles. The molecular weight excluding hydrogens is 360 g/mol. The Morgan fingerprint density at radius 1 is 0.964 bits per heavy atom. The molecule has 0 saturated heterocycles. The third kappa shape index (κ3) is 2.63. The van der Waals surface area contributed by atoms with E-state index in [2.05, 4.69) is 9.97 Å². The summed E-state index contributed by atoms with van der Waals surface area (Å²) in [5.74, 6) is 0.799. The summed E-state index contributed by atoms with van der Waals surface area (Å²) in [6, 6.07) is 5.18. The number of ketones is 2. The maximum absolute atomic E-state index is 12.8. The number of nitrogens with zero attached hydrogens (tertiary/aromatic N) is 1. The third-order valence-corrected chi connectivity index (χ3v) is 4.83. The zero-order valence-electron chi connectivity index (χ0n) is 15.7. The van der Waals surface area contributed by atoms with E-state index in [-0.39, 0.29) is 18.0 Å². The number of carbonyl (C=O) groups is 2. The fraction of sp³-hybridized carbons (Fsp3) is 0.190. The first-order valence-electron chi connectivity index (χ1n) is 8.61. The molecule has 2 aromatic heterocycles. The number of pyridine rings is 1. The zero-order chi connectivity index (χ0) is 19.8. The molecule has 1 aliphatic carbocycles. The van der Waals surface area contributed by atoms with E-state index in [0.717, 1.165) is 10.9 Å². The van der Waals surface area contributed by atoms with Gasteiger partial charge in [-0.15, -0.1) is 0 Å². The summed E-state index contributed by atoms with van der Waals surface area (Å²) in [7, 11) is 4.52. The molecule has 7 heteroatoms. The molecule has 28 heavy (non-hydrogen) atoms. The summed E-state index contributed by atoms with van der Waals surface area (Å²) >= 11 is 0. The molecule has 0 spiro atoms. The van der Waals surface area contributed by atoms with Gasteiger partial charge in [0.15, 0.2) is 23.1 Å². The zero-order valence-corrected chi connectivity index (χ0v) is 15.7. The Kier molecular flexibility index (Phi) is 4.35. The van der Waals surface area contributed by atoms with E-state index in [0.29, 0.717) is 39.5 Å². The number of Topliss-reactive ketones (excluding diaryl/α,β-unsaturated/α-hetero) is 2. The quantitative estimate of drug-likeness (QED) is 0.687. The van der Waals surface area contributed by atoms with Crippen LogP contribution in [0.4, 0.5) is 0 Å². The van der Waals surface area contributed by atoms with Gasteiger partial charge in [-0.05, 0) is 23.8 Å². The van der Waals surface area contributed by atoms with Crippen molar-refractivity contribution in [3.63, 3.8) is 0 Å². The van der Waals surface area contributed by atoms with Gasteiger partial charge in [0.1, 0.15) is 0 Å². The Morgan fingerprint density at radius 2 is 1.64 bits per heavy atom. The van der Waals surface area contributed by atoms with E-state index >= 15 is 0 Å². The van der Waals surface area contributed by atoms with Crippen LogP contribution in [0.1, 0.15) is 17.5 Å². The number of aromatic nitrogens is 2. The number of H-pyrrole nitrogens is 1. The lowest BCUT2D eigenvalue weighted by atomic mass is 9.95. The molecule has 142 valence electrons. The van der Waals surface area contributed by atoms with Crippen LogP contribution in [-0.2, 0) is 9.59 Å². The van der Waals surface area contributed by atoms with Gasteiger partial charge in [0.05, 0.1) is 39.5 Å². The second kappa shape index (κ2) is 6.84. The third-order valence-electron chi connectivity index (χ3n) is 4.83. The van der Waals surface area contributed by atoms with Gasteiger partial charge >= 0.3 is 0 Å². The fourth-order valence-electron chi connectivity index (χ4n) is 3.60. The Labute approximate surface area is 160 Å². The monoisotopic (exact) mass is 378 g/mol. The summed E-state index contributed by atoms with van der Waals surface area (Å²) in [5, 5.41) is 0.831. The van der Waals surface area contributed by atoms with Crippen LogP contribution in [0.5, 0.6) is 17.2 Å². The largest absolute Gasteiger partial charge is 0.493 e. The van der Waals surface area contributed by atoms with Gasteiger partial charge in [0.25, 0.3) is 0 Å². The first kappa shape index (κ1) is 17.8. The minimum atomic E-state index is -0.238. The smallest absolute Gasteiger partial charge is 0.203 e. The highest BCUT2D eigenvalue weighted by Crippen LogP contribution is 2.44. The van der Waals surface area contributed by atoms with E-state index in [4.69, 9.17) is 14.2 Å². The van der Waals surface area contributed by atoms with Crippen LogP contribution < -0.4 is 14.2 Å². The van der Waals surface area contributed by atoms with Gasteiger partial charge in [-0.2, -0.15) is 0 Å². The van der Waals surface area contributed by atoms with Gasteiger partial charge in [-0.3, -0.25) is 14.6 Å². The van der Waals surface area contributed by atoms with Gasteiger partial charge in [-0.1, -0.05) is 0 Å². The number of hydrogen-bond acceptors (Lipinski definition) is 6. The molecule has 2 heterocycles. The number of rotatable bonds is 5. The van der Waals surface area contributed by atoms with Crippen molar-refractivity contribution >= 4 is 33.6 Å². The predicted molar refractivity (Wildman–Crippen MR) is 104 cm³/mol. The highest BCUT2D eigenvalue weighted by Gasteiger charge is 2.34. The average molecular weight is 378 g/mol. The number of carbonyl (C=O) groups excluding carboxylic acids is 2. The second-order valence-electron chi connectivity index (χ2n) is 6.31. The summed E-state index contributed by atoms with van der Waals surface area (Å²) in [6.07, 6.45) is 4.90. The van der Waals surface area contributed by atoms with Gasteiger partial charge < -0.3 is 19.2 Å². The Balaban J connectivity index is 2.00. The lowest BCUT2D eigenvalue weighted by Crippen LogP contribution is -2.00. The van der Waals surface area contributed by atoms with Crippen molar-refractivity contribution in [2.45, 2.75) is 6.42 Å². The topological polar surface area (TPSA) is 90.5 Å². The van der Waals surface area contributed by atoms with Gasteiger partial charge in [0, 0.05) is 34.5 Å². The number of aromatic amines is 1. The minimum Gasteiger partial charge on any atom is -0.493 e. The molecule has 1 aliphatic rings. The maximum atomic E-state index is 12.8. The molecule has 0 radical (unpaired) electrons. The van der Waals surface area contributed by atoms with Crippen molar-refractivity contribution < 1.29 is 23.8 Å². The summed E-state index contributed by atoms with van der Waals surface area (Å²) in [5.41, 5.74) is 2.75. The minimum absolute atomic E-state index is 0.168. The number of allylic oxidation sites excluding steroid dienone is 2. The first-order chi connectivity index (χ1) is 13.6. The standard InChI is InChI=1S/C21H18N2O5/c1-26-17-6-11(7-18(27-2)21(17)28-3)19-15(24)8-16(25)20(19)13-9-23-14-10-22-5-4-12(13)14/h4-7,9-10,23H,8H2,1-3H3. The predicted octanol–water partition coefficient (Wildman–Crippen LogP) is 3.04. The first-order valence-corrected chi connectivity index (χ1v) is 8.61. The number of fused-ring (bicyclic) bond motifs is 1. The molecule has 0 unspecified atom stereocenters. The van der Waals surface area contributed by atoms with E-state index < -0.39 is 0 Å². The maximum Gasteiger partial charge on any atom is 0.203 e. The van der Waals surface area contributed by atoms with Crippen molar-refractivity contribution in [2.75, 3.05) is 21.3 Å². The van der Waals surface area contributed by atoms with Crippen molar-refractivity contribution in [3.8, 4) is 17.2 Å².